The lowest BCUT2D eigenvalue weighted by Crippen LogP contribution is -2.18. The summed E-state index contributed by atoms with van der Waals surface area (Å²) in [6.45, 7) is 3.70. The van der Waals surface area contributed by atoms with Crippen LogP contribution in [0.15, 0.2) is 78.9 Å². The summed E-state index contributed by atoms with van der Waals surface area (Å²) in [5, 5.41) is 12.8. The van der Waals surface area contributed by atoms with Crippen molar-refractivity contribution in [2.75, 3.05) is 12.9 Å². The number of nitrogens with zero attached hydrogens (tertiary/aromatic N) is 1. The topological polar surface area (TPSA) is 59.4 Å². The fourth-order valence-corrected chi connectivity index (χ4v) is 7.38. The number of hydrogen-bond acceptors (Lipinski definition) is 5. The van der Waals surface area contributed by atoms with Gasteiger partial charge in [-0.15, -0.1) is 0 Å². The molecule has 1 aromatic heterocycles. The summed E-state index contributed by atoms with van der Waals surface area (Å²) in [4.78, 5) is 16.6. The van der Waals surface area contributed by atoms with Crippen LogP contribution in [0.1, 0.15) is 79.1 Å². The van der Waals surface area contributed by atoms with Crippen LogP contribution in [0.4, 0.5) is 0 Å². The number of methoxy groups -OCH3 is 1. The highest BCUT2D eigenvalue weighted by Gasteiger charge is 2.42. The van der Waals surface area contributed by atoms with Gasteiger partial charge >= 0.3 is 5.97 Å². The number of ether oxygens (including phenoxy) is 1. The van der Waals surface area contributed by atoms with Crippen molar-refractivity contribution in [3.05, 3.63) is 112 Å². The molecule has 4 nitrogen and oxygen atoms in total. The predicted molar refractivity (Wildman–Crippen MR) is 180 cm³/mol. The molecule has 3 aromatic carbocycles. The monoisotopic (exact) mass is 613 g/mol. The van der Waals surface area contributed by atoms with Crippen LogP contribution in [0.25, 0.3) is 23.1 Å². The number of fused-ring (bicyclic) bond motifs is 1. The molecule has 1 fully saturated rings. The number of thioether (sulfide) groups is 1. The van der Waals surface area contributed by atoms with Gasteiger partial charge in [0.05, 0.1) is 23.9 Å². The summed E-state index contributed by atoms with van der Waals surface area (Å²) in [6.07, 6.45) is 9.68. The normalized spacial score (nSPS) is 15.1. The molecule has 1 unspecified atom stereocenters. The van der Waals surface area contributed by atoms with E-state index in [1.165, 1.54) is 18.2 Å². The molecule has 1 atom stereocenters. The van der Waals surface area contributed by atoms with Gasteiger partial charge in [-0.25, -0.2) is 4.98 Å². The van der Waals surface area contributed by atoms with Crippen LogP contribution in [0.2, 0.25) is 5.02 Å². The number of pyridine rings is 1. The van der Waals surface area contributed by atoms with Crippen LogP contribution >= 0.6 is 23.4 Å². The van der Waals surface area contributed by atoms with Crippen LogP contribution in [-0.2, 0) is 21.6 Å². The van der Waals surface area contributed by atoms with Gasteiger partial charge in [0.2, 0.25) is 0 Å². The fraction of sp³-hybridized carbons (Fsp3) is 0.351. The molecule has 0 radical (unpaired) electrons. The largest absolute Gasteiger partial charge is 0.469 e. The van der Waals surface area contributed by atoms with Crippen LogP contribution in [0.3, 0.4) is 0 Å². The Kier molecular flexibility index (Phi) is 9.95. The maximum atomic E-state index is 11.8. The van der Waals surface area contributed by atoms with Gasteiger partial charge in [-0.1, -0.05) is 78.3 Å². The fourth-order valence-electron chi connectivity index (χ4n) is 5.60. The molecule has 1 heterocycles. The first kappa shape index (κ1) is 31.3. The molecule has 1 aliphatic carbocycles. The lowest BCUT2D eigenvalue weighted by Gasteiger charge is -2.24. The first-order chi connectivity index (χ1) is 20.6. The van der Waals surface area contributed by atoms with Gasteiger partial charge in [-0.3, -0.25) is 4.79 Å². The number of hydrogen-bond donors (Lipinski definition) is 1. The van der Waals surface area contributed by atoms with E-state index < -0.39 is 5.60 Å². The number of rotatable bonds is 13. The molecule has 0 spiro atoms. The molecule has 0 bridgehead atoms. The number of aromatic nitrogens is 1. The SMILES string of the molecule is COC(=O)CCC1(CSC(CCc2ccccc2C(C)(C)O)c2cccc(/C=C/c3ccc4ccc(Cl)cc4n3)c2)CC1. The van der Waals surface area contributed by atoms with Crippen LogP contribution in [0, 0.1) is 5.41 Å². The van der Waals surface area contributed by atoms with Crippen molar-refractivity contribution in [1.82, 2.24) is 4.98 Å². The molecule has 224 valence electrons. The Morgan fingerprint density at radius 2 is 1.86 bits per heavy atom. The van der Waals surface area contributed by atoms with Crippen LogP contribution in [0.5, 0.6) is 0 Å². The summed E-state index contributed by atoms with van der Waals surface area (Å²) in [7, 11) is 1.46. The minimum Gasteiger partial charge on any atom is -0.469 e. The quantitative estimate of drug-likeness (QED) is 0.152. The molecule has 0 aliphatic heterocycles. The minimum absolute atomic E-state index is 0.125. The molecule has 43 heavy (non-hydrogen) atoms. The van der Waals surface area contributed by atoms with Gasteiger partial charge in [0, 0.05) is 22.1 Å². The van der Waals surface area contributed by atoms with Gasteiger partial charge in [0.1, 0.15) is 0 Å². The second-order valence-corrected chi connectivity index (χ2v) is 13.8. The molecule has 0 amide bonds. The summed E-state index contributed by atoms with van der Waals surface area (Å²) < 4.78 is 4.91. The summed E-state index contributed by atoms with van der Waals surface area (Å²) in [5.41, 5.74) is 5.68. The van der Waals surface area contributed by atoms with Gasteiger partial charge < -0.3 is 9.84 Å². The van der Waals surface area contributed by atoms with Crippen LogP contribution in [-0.4, -0.2) is 28.9 Å². The van der Waals surface area contributed by atoms with Gasteiger partial charge in [-0.05, 0) is 104 Å². The predicted octanol–water partition coefficient (Wildman–Crippen LogP) is 9.43. The lowest BCUT2D eigenvalue weighted by atomic mass is 9.90. The highest BCUT2D eigenvalue weighted by atomic mass is 35.5. The van der Waals surface area contributed by atoms with E-state index in [4.69, 9.17) is 21.3 Å². The number of benzene rings is 3. The number of aliphatic hydroxyl groups is 1. The average molecular weight is 614 g/mol. The Hall–Kier alpha value is -3.12. The van der Waals surface area contributed by atoms with Crippen molar-refractivity contribution in [2.24, 2.45) is 5.41 Å². The summed E-state index contributed by atoms with van der Waals surface area (Å²) in [6, 6.07) is 26.8. The number of aryl methyl sites for hydroxylation is 1. The number of halogens is 1. The Bertz CT molecular complexity index is 1610. The van der Waals surface area contributed by atoms with Crippen molar-refractivity contribution in [3.63, 3.8) is 0 Å². The number of carbonyl (C=O) groups is 1. The Balaban J connectivity index is 1.35. The van der Waals surface area contributed by atoms with Crippen LogP contribution < -0.4 is 0 Å². The standard InChI is InChI=1S/C37H40ClNO3S/c1-36(2,41)32-10-5-4-8-27(32)14-18-34(43-25-37(21-22-37)20-19-35(40)42-3)29-9-6-7-26(23-29)11-16-31-17-13-28-12-15-30(38)24-33(28)39-31/h4-13,15-17,23-24,34,41H,14,18-22,25H2,1-3H3/b16-11+. The second kappa shape index (κ2) is 13.7. The maximum Gasteiger partial charge on any atom is 0.305 e. The Morgan fingerprint density at radius 1 is 1.07 bits per heavy atom. The van der Waals surface area contributed by atoms with Crippen molar-refractivity contribution in [3.8, 4) is 0 Å². The van der Waals surface area contributed by atoms with Crippen molar-refractivity contribution in [1.29, 1.82) is 0 Å². The van der Waals surface area contributed by atoms with Gasteiger partial charge in [0.25, 0.3) is 0 Å². The maximum absolute atomic E-state index is 11.8. The molecular formula is C37H40ClNO3S. The van der Waals surface area contributed by atoms with E-state index >= 15 is 0 Å². The minimum atomic E-state index is -0.891. The summed E-state index contributed by atoms with van der Waals surface area (Å²) in [5.74, 6) is 0.894. The zero-order chi connectivity index (χ0) is 30.5. The summed E-state index contributed by atoms with van der Waals surface area (Å²) >= 11 is 8.19. The van der Waals surface area contributed by atoms with Gasteiger partial charge in [-0.2, -0.15) is 11.8 Å². The third-order valence-electron chi connectivity index (χ3n) is 8.39. The highest BCUT2D eigenvalue weighted by molar-refractivity contribution is 7.99. The molecular weight excluding hydrogens is 574 g/mol. The first-order valence-electron chi connectivity index (χ1n) is 15.0. The Labute approximate surface area is 264 Å². The van der Waals surface area contributed by atoms with Crippen molar-refractivity contribution >= 4 is 52.4 Å². The molecule has 5 rings (SSSR count). The van der Waals surface area contributed by atoms with Crippen molar-refractivity contribution in [2.45, 2.75) is 63.2 Å². The number of carbonyl (C=O) groups excluding carboxylic acids is 1. The second-order valence-electron chi connectivity index (χ2n) is 12.2. The van der Waals surface area contributed by atoms with E-state index in [1.54, 1.807) is 0 Å². The highest BCUT2D eigenvalue weighted by Crippen LogP contribution is 2.54. The van der Waals surface area contributed by atoms with E-state index in [0.29, 0.717) is 11.4 Å². The molecule has 1 aliphatic rings. The lowest BCUT2D eigenvalue weighted by molar-refractivity contribution is -0.141. The van der Waals surface area contributed by atoms with E-state index in [2.05, 4.69) is 48.5 Å². The van der Waals surface area contributed by atoms with Gasteiger partial charge in [0.15, 0.2) is 0 Å². The molecule has 4 aromatic rings. The van der Waals surface area contributed by atoms with E-state index in [-0.39, 0.29) is 16.6 Å². The van der Waals surface area contributed by atoms with Crippen molar-refractivity contribution < 1.29 is 14.6 Å². The third-order valence-corrected chi connectivity index (χ3v) is 10.3. The zero-order valence-corrected chi connectivity index (χ0v) is 26.8. The molecule has 1 N–H and O–H groups in total. The third kappa shape index (κ3) is 8.50. The van der Waals surface area contributed by atoms with E-state index in [1.807, 2.05) is 68.1 Å². The molecule has 0 saturated heterocycles. The smallest absolute Gasteiger partial charge is 0.305 e. The van der Waals surface area contributed by atoms with E-state index in [0.717, 1.165) is 65.6 Å². The molecule has 6 heteroatoms. The van der Waals surface area contributed by atoms with E-state index in [9.17, 15) is 9.90 Å². The average Bonchev–Trinajstić information content (AvgIpc) is 3.78. The Morgan fingerprint density at radius 3 is 2.63 bits per heavy atom. The zero-order valence-electron chi connectivity index (χ0n) is 25.2. The molecule has 1 saturated carbocycles. The first-order valence-corrected chi connectivity index (χ1v) is 16.4. The number of esters is 1.